The molecule has 0 aliphatic heterocycles. The molecule has 0 saturated heterocycles. The number of benzene rings is 1. The number of carbonyl (C=O) groups is 2. The van der Waals surface area contributed by atoms with Crippen LogP contribution in [-0.2, 0) is 16.1 Å². The van der Waals surface area contributed by atoms with Crippen molar-refractivity contribution in [2.75, 3.05) is 0 Å². The van der Waals surface area contributed by atoms with Gasteiger partial charge in [0, 0.05) is 19.0 Å². The summed E-state index contributed by atoms with van der Waals surface area (Å²) in [4.78, 5) is 26.7. The van der Waals surface area contributed by atoms with Gasteiger partial charge in [-0.15, -0.1) is 0 Å². The van der Waals surface area contributed by atoms with Crippen molar-refractivity contribution in [1.29, 1.82) is 0 Å². The summed E-state index contributed by atoms with van der Waals surface area (Å²) in [6.45, 7) is 10.3. The van der Waals surface area contributed by atoms with Gasteiger partial charge in [0.25, 0.3) is 0 Å². The number of hydrogen-bond acceptors (Lipinski definition) is 2. The Bertz CT molecular complexity index is 528. The molecule has 1 N–H and O–H groups in total. The highest BCUT2D eigenvalue weighted by molar-refractivity contribution is 5.87. The normalized spacial score (nSPS) is 13.3. The first-order valence-corrected chi connectivity index (χ1v) is 8.58. The number of amides is 2. The second kappa shape index (κ2) is 9.33. The van der Waals surface area contributed by atoms with Crippen LogP contribution in [0.3, 0.4) is 0 Å². The van der Waals surface area contributed by atoms with Gasteiger partial charge in [-0.1, -0.05) is 45.0 Å². The third-order valence-corrected chi connectivity index (χ3v) is 4.29. The summed E-state index contributed by atoms with van der Waals surface area (Å²) in [5, 5.41) is 3.01. The molecule has 0 radical (unpaired) electrons. The lowest BCUT2D eigenvalue weighted by Gasteiger charge is -2.31. The standard InChI is InChI=1S/C19H30N2O2/c1-6-15(5)20-19(23)17(7-2)21(18(22)8-3)13-16-12-10-9-11-14(16)4/h9-12,15,17H,6-8,13H2,1-5H3,(H,20,23)/t15-,17+/m1/s1. The van der Waals surface area contributed by atoms with Crippen molar-refractivity contribution in [2.24, 2.45) is 0 Å². The van der Waals surface area contributed by atoms with E-state index in [1.807, 2.05) is 58.9 Å². The van der Waals surface area contributed by atoms with Crippen molar-refractivity contribution < 1.29 is 9.59 Å². The maximum absolute atomic E-state index is 12.6. The zero-order valence-electron chi connectivity index (χ0n) is 15.1. The SMILES string of the molecule is CCC(=O)N(Cc1ccccc1C)[C@@H](CC)C(=O)N[C@H](C)CC. The monoisotopic (exact) mass is 318 g/mol. The highest BCUT2D eigenvalue weighted by atomic mass is 16.2. The first-order valence-electron chi connectivity index (χ1n) is 8.58. The molecule has 4 nitrogen and oxygen atoms in total. The lowest BCUT2D eigenvalue weighted by molar-refractivity contribution is -0.141. The fourth-order valence-electron chi connectivity index (χ4n) is 2.53. The summed E-state index contributed by atoms with van der Waals surface area (Å²) < 4.78 is 0. The van der Waals surface area contributed by atoms with Gasteiger partial charge in [-0.25, -0.2) is 0 Å². The fraction of sp³-hybridized carbons (Fsp3) is 0.579. The van der Waals surface area contributed by atoms with Gasteiger partial charge in [-0.2, -0.15) is 0 Å². The minimum atomic E-state index is -0.420. The Morgan fingerprint density at radius 1 is 1.13 bits per heavy atom. The topological polar surface area (TPSA) is 49.4 Å². The van der Waals surface area contributed by atoms with E-state index in [2.05, 4.69) is 5.32 Å². The van der Waals surface area contributed by atoms with E-state index in [1.54, 1.807) is 4.90 Å². The van der Waals surface area contributed by atoms with E-state index < -0.39 is 6.04 Å². The fourth-order valence-corrected chi connectivity index (χ4v) is 2.53. The lowest BCUT2D eigenvalue weighted by atomic mass is 10.1. The highest BCUT2D eigenvalue weighted by Gasteiger charge is 2.28. The van der Waals surface area contributed by atoms with E-state index in [0.29, 0.717) is 19.4 Å². The molecular formula is C19H30N2O2. The van der Waals surface area contributed by atoms with E-state index in [0.717, 1.165) is 17.5 Å². The van der Waals surface area contributed by atoms with Crippen LogP contribution in [0.5, 0.6) is 0 Å². The molecule has 0 unspecified atom stereocenters. The molecule has 0 heterocycles. The van der Waals surface area contributed by atoms with Gasteiger partial charge < -0.3 is 10.2 Å². The van der Waals surface area contributed by atoms with Crippen molar-refractivity contribution in [3.05, 3.63) is 35.4 Å². The van der Waals surface area contributed by atoms with E-state index in [4.69, 9.17) is 0 Å². The van der Waals surface area contributed by atoms with Crippen LogP contribution in [0.1, 0.15) is 58.1 Å². The molecule has 2 amide bonds. The largest absolute Gasteiger partial charge is 0.352 e. The quantitative estimate of drug-likeness (QED) is 0.798. The first kappa shape index (κ1) is 19.2. The average molecular weight is 318 g/mol. The summed E-state index contributed by atoms with van der Waals surface area (Å²) >= 11 is 0. The minimum Gasteiger partial charge on any atom is -0.352 e. The van der Waals surface area contributed by atoms with Crippen molar-refractivity contribution in [1.82, 2.24) is 10.2 Å². The Balaban J connectivity index is 3.01. The maximum Gasteiger partial charge on any atom is 0.243 e. The van der Waals surface area contributed by atoms with Gasteiger partial charge in [-0.05, 0) is 37.8 Å². The Labute approximate surface area is 140 Å². The molecule has 0 bridgehead atoms. The number of nitrogens with zero attached hydrogens (tertiary/aromatic N) is 1. The lowest BCUT2D eigenvalue weighted by Crippen LogP contribution is -2.50. The van der Waals surface area contributed by atoms with Crippen molar-refractivity contribution >= 4 is 11.8 Å². The van der Waals surface area contributed by atoms with Crippen LogP contribution in [0.25, 0.3) is 0 Å². The van der Waals surface area contributed by atoms with E-state index >= 15 is 0 Å². The Morgan fingerprint density at radius 3 is 2.30 bits per heavy atom. The Kier molecular flexibility index (Phi) is 7.79. The molecule has 0 aliphatic carbocycles. The van der Waals surface area contributed by atoms with Gasteiger partial charge in [-0.3, -0.25) is 9.59 Å². The van der Waals surface area contributed by atoms with Gasteiger partial charge in [0.15, 0.2) is 0 Å². The molecule has 0 aliphatic rings. The molecular weight excluding hydrogens is 288 g/mol. The van der Waals surface area contributed by atoms with Crippen molar-refractivity contribution in [2.45, 2.75) is 72.5 Å². The second-order valence-corrected chi connectivity index (χ2v) is 6.04. The molecule has 4 heteroatoms. The van der Waals surface area contributed by atoms with E-state index in [-0.39, 0.29) is 17.9 Å². The number of carbonyl (C=O) groups excluding carboxylic acids is 2. The van der Waals surface area contributed by atoms with Gasteiger partial charge in [0.2, 0.25) is 11.8 Å². The molecule has 1 rings (SSSR count). The summed E-state index contributed by atoms with van der Waals surface area (Å²) in [6.07, 6.45) is 1.89. The molecule has 0 aromatic heterocycles. The summed E-state index contributed by atoms with van der Waals surface area (Å²) in [6, 6.07) is 7.70. The smallest absolute Gasteiger partial charge is 0.243 e. The predicted octanol–water partition coefficient (Wildman–Crippen LogP) is 3.43. The zero-order chi connectivity index (χ0) is 17.4. The molecule has 23 heavy (non-hydrogen) atoms. The van der Waals surface area contributed by atoms with Crippen LogP contribution in [0.15, 0.2) is 24.3 Å². The number of nitrogens with one attached hydrogen (secondary N) is 1. The first-order chi connectivity index (χ1) is 10.9. The van der Waals surface area contributed by atoms with Gasteiger partial charge in [0.05, 0.1) is 0 Å². The van der Waals surface area contributed by atoms with Gasteiger partial charge in [0.1, 0.15) is 6.04 Å². The Morgan fingerprint density at radius 2 is 1.78 bits per heavy atom. The average Bonchev–Trinajstić information content (AvgIpc) is 2.55. The molecule has 1 aromatic carbocycles. The number of hydrogen-bond donors (Lipinski definition) is 1. The summed E-state index contributed by atoms with van der Waals surface area (Å²) in [5.41, 5.74) is 2.22. The molecule has 2 atom stereocenters. The third kappa shape index (κ3) is 5.38. The van der Waals surface area contributed by atoms with E-state index in [1.165, 1.54) is 0 Å². The van der Waals surface area contributed by atoms with E-state index in [9.17, 15) is 9.59 Å². The molecule has 0 saturated carbocycles. The van der Waals surface area contributed by atoms with Gasteiger partial charge >= 0.3 is 0 Å². The van der Waals surface area contributed by atoms with Crippen molar-refractivity contribution in [3.63, 3.8) is 0 Å². The van der Waals surface area contributed by atoms with Crippen LogP contribution in [0.2, 0.25) is 0 Å². The Hall–Kier alpha value is -1.84. The van der Waals surface area contributed by atoms with Crippen LogP contribution in [0, 0.1) is 6.92 Å². The molecule has 0 spiro atoms. The number of aryl methyl sites for hydroxylation is 1. The van der Waals surface area contributed by atoms with Crippen LogP contribution < -0.4 is 5.32 Å². The van der Waals surface area contributed by atoms with Crippen LogP contribution in [-0.4, -0.2) is 28.8 Å². The molecule has 1 aromatic rings. The second-order valence-electron chi connectivity index (χ2n) is 6.04. The van der Waals surface area contributed by atoms with Crippen LogP contribution in [0.4, 0.5) is 0 Å². The summed E-state index contributed by atoms with van der Waals surface area (Å²) in [5.74, 6) is -0.0448. The molecule has 128 valence electrons. The third-order valence-electron chi connectivity index (χ3n) is 4.29. The number of rotatable bonds is 8. The van der Waals surface area contributed by atoms with Crippen LogP contribution >= 0.6 is 0 Å². The van der Waals surface area contributed by atoms with Crippen molar-refractivity contribution in [3.8, 4) is 0 Å². The maximum atomic E-state index is 12.6. The zero-order valence-corrected chi connectivity index (χ0v) is 15.1. The predicted molar refractivity (Wildman–Crippen MR) is 94.0 cm³/mol. The highest BCUT2D eigenvalue weighted by Crippen LogP contribution is 2.16. The molecule has 0 fully saturated rings. The summed E-state index contributed by atoms with van der Waals surface area (Å²) in [7, 11) is 0. The minimum absolute atomic E-state index is 0.0133.